The standard InChI is InChI=1S/C13H11N3OS/c1-8-3-4-10-9(11-7-14-18-16-11)5-6-12(17-2)13(10)15-8/h3-7H,1-2H3. The van der Waals surface area contributed by atoms with E-state index >= 15 is 0 Å². The summed E-state index contributed by atoms with van der Waals surface area (Å²) in [7, 11) is 1.66. The number of fused-ring (bicyclic) bond motifs is 1. The molecule has 0 amide bonds. The fourth-order valence-electron chi connectivity index (χ4n) is 1.96. The summed E-state index contributed by atoms with van der Waals surface area (Å²) in [4.78, 5) is 4.55. The van der Waals surface area contributed by atoms with Crippen molar-refractivity contribution in [3.63, 3.8) is 0 Å². The molecule has 0 bridgehead atoms. The number of hydrogen-bond donors (Lipinski definition) is 0. The van der Waals surface area contributed by atoms with E-state index in [0.29, 0.717) is 0 Å². The van der Waals surface area contributed by atoms with E-state index in [4.69, 9.17) is 4.74 Å². The maximum atomic E-state index is 5.36. The molecule has 18 heavy (non-hydrogen) atoms. The minimum atomic E-state index is 0.778. The van der Waals surface area contributed by atoms with Crippen molar-refractivity contribution >= 4 is 22.6 Å². The van der Waals surface area contributed by atoms with E-state index in [-0.39, 0.29) is 0 Å². The van der Waals surface area contributed by atoms with Gasteiger partial charge in [-0.2, -0.15) is 8.75 Å². The first-order valence-electron chi connectivity index (χ1n) is 5.52. The van der Waals surface area contributed by atoms with Gasteiger partial charge in [0.2, 0.25) is 0 Å². The fourth-order valence-corrected chi connectivity index (χ4v) is 2.39. The molecule has 2 aromatic heterocycles. The Labute approximate surface area is 109 Å². The predicted octanol–water partition coefficient (Wildman–Crippen LogP) is 3.07. The highest BCUT2D eigenvalue weighted by Crippen LogP contribution is 2.32. The monoisotopic (exact) mass is 257 g/mol. The van der Waals surface area contributed by atoms with Crippen LogP contribution in [0.1, 0.15) is 5.69 Å². The molecule has 3 rings (SSSR count). The Balaban J connectivity index is 2.35. The number of rotatable bonds is 2. The van der Waals surface area contributed by atoms with Crippen LogP contribution >= 0.6 is 11.7 Å². The van der Waals surface area contributed by atoms with Crippen molar-refractivity contribution in [2.75, 3.05) is 7.11 Å². The van der Waals surface area contributed by atoms with E-state index in [1.807, 2.05) is 25.1 Å². The smallest absolute Gasteiger partial charge is 0.145 e. The molecule has 1 aromatic carbocycles. The van der Waals surface area contributed by atoms with Crippen LogP contribution < -0.4 is 4.74 Å². The Hall–Kier alpha value is -2.01. The van der Waals surface area contributed by atoms with Crippen LogP contribution in [-0.4, -0.2) is 20.8 Å². The number of pyridine rings is 1. The summed E-state index contributed by atoms with van der Waals surface area (Å²) >= 11 is 1.20. The molecule has 5 heteroatoms. The Bertz CT molecular complexity index is 695. The van der Waals surface area contributed by atoms with Crippen LogP contribution in [0, 0.1) is 6.92 Å². The second kappa shape index (κ2) is 4.34. The Morgan fingerprint density at radius 1 is 1.17 bits per heavy atom. The van der Waals surface area contributed by atoms with Crippen LogP contribution in [0.5, 0.6) is 5.75 Å². The molecule has 90 valence electrons. The molecule has 2 heterocycles. The van der Waals surface area contributed by atoms with Crippen LogP contribution in [-0.2, 0) is 0 Å². The van der Waals surface area contributed by atoms with Gasteiger partial charge in [-0.05, 0) is 25.1 Å². The number of hydrogen-bond acceptors (Lipinski definition) is 5. The zero-order valence-corrected chi connectivity index (χ0v) is 10.9. The average Bonchev–Trinajstić information content (AvgIpc) is 2.91. The highest BCUT2D eigenvalue weighted by atomic mass is 32.1. The Morgan fingerprint density at radius 2 is 2.06 bits per heavy atom. The molecular weight excluding hydrogens is 246 g/mol. The van der Waals surface area contributed by atoms with Gasteiger partial charge >= 0.3 is 0 Å². The van der Waals surface area contributed by atoms with Gasteiger partial charge in [-0.25, -0.2) is 4.98 Å². The number of aryl methyl sites for hydroxylation is 1. The van der Waals surface area contributed by atoms with Gasteiger partial charge in [-0.15, -0.1) is 0 Å². The number of nitrogens with zero attached hydrogens (tertiary/aromatic N) is 3. The molecule has 0 aliphatic rings. The van der Waals surface area contributed by atoms with Crippen molar-refractivity contribution in [3.05, 3.63) is 36.2 Å². The quantitative estimate of drug-likeness (QED) is 0.708. The molecule has 0 saturated heterocycles. The van der Waals surface area contributed by atoms with Crippen LogP contribution in [0.25, 0.3) is 22.2 Å². The summed E-state index contributed by atoms with van der Waals surface area (Å²) in [6, 6.07) is 7.96. The zero-order chi connectivity index (χ0) is 12.5. The molecule has 0 aliphatic heterocycles. The van der Waals surface area contributed by atoms with Crippen molar-refractivity contribution in [2.45, 2.75) is 6.92 Å². The van der Waals surface area contributed by atoms with E-state index in [1.165, 1.54) is 11.7 Å². The maximum Gasteiger partial charge on any atom is 0.145 e. The lowest BCUT2D eigenvalue weighted by Gasteiger charge is -2.08. The lowest BCUT2D eigenvalue weighted by molar-refractivity contribution is 0.419. The lowest BCUT2D eigenvalue weighted by Crippen LogP contribution is -1.91. The van der Waals surface area contributed by atoms with Gasteiger partial charge in [0.05, 0.1) is 25.0 Å². The van der Waals surface area contributed by atoms with E-state index in [1.54, 1.807) is 13.3 Å². The average molecular weight is 257 g/mol. The maximum absolute atomic E-state index is 5.36. The van der Waals surface area contributed by atoms with E-state index < -0.39 is 0 Å². The van der Waals surface area contributed by atoms with Crippen molar-refractivity contribution in [2.24, 2.45) is 0 Å². The first kappa shape index (κ1) is 11.1. The zero-order valence-electron chi connectivity index (χ0n) is 10.0. The fraction of sp³-hybridized carbons (Fsp3) is 0.154. The highest BCUT2D eigenvalue weighted by Gasteiger charge is 2.11. The molecule has 0 spiro atoms. The Kier molecular flexibility index (Phi) is 2.68. The van der Waals surface area contributed by atoms with Gasteiger partial charge in [0.25, 0.3) is 0 Å². The third kappa shape index (κ3) is 1.73. The molecule has 3 aromatic rings. The lowest BCUT2D eigenvalue weighted by atomic mass is 10.0. The Morgan fingerprint density at radius 3 is 2.78 bits per heavy atom. The molecule has 4 nitrogen and oxygen atoms in total. The van der Waals surface area contributed by atoms with E-state index in [2.05, 4.69) is 19.8 Å². The first-order valence-corrected chi connectivity index (χ1v) is 6.25. The van der Waals surface area contributed by atoms with Gasteiger partial charge in [0.1, 0.15) is 17.0 Å². The minimum Gasteiger partial charge on any atom is -0.494 e. The third-order valence-corrected chi connectivity index (χ3v) is 3.29. The van der Waals surface area contributed by atoms with Crippen LogP contribution in [0.15, 0.2) is 30.5 Å². The summed E-state index contributed by atoms with van der Waals surface area (Å²) in [5, 5.41) is 1.03. The molecule has 0 radical (unpaired) electrons. The summed E-state index contributed by atoms with van der Waals surface area (Å²) < 4.78 is 13.7. The molecule has 0 aliphatic carbocycles. The van der Waals surface area contributed by atoms with E-state index in [0.717, 1.165) is 33.6 Å². The highest BCUT2D eigenvalue weighted by molar-refractivity contribution is 6.99. The van der Waals surface area contributed by atoms with Crippen molar-refractivity contribution in [1.82, 2.24) is 13.7 Å². The SMILES string of the molecule is COc1ccc(-c2cnsn2)c2ccc(C)nc12. The summed E-state index contributed by atoms with van der Waals surface area (Å²) in [5.41, 5.74) is 3.74. The van der Waals surface area contributed by atoms with Crippen molar-refractivity contribution in [1.29, 1.82) is 0 Å². The van der Waals surface area contributed by atoms with Gasteiger partial charge in [0, 0.05) is 16.6 Å². The number of benzene rings is 1. The third-order valence-electron chi connectivity index (χ3n) is 2.82. The molecular formula is C13H11N3OS. The summed E-state index contributed by atoms with van der Waals surface area (Å²) in [6.07, 6.45) is 1.77. The topological polar surface area (TPSA) is 47.9 Å². The molecule has 0 unspecified atom stereocenters. The minimum absolute atomic E-state index is 0.778. The second-order valence-electron chi connectivity index (χ2n) is 3.96. The van der Waals surface area contributed by atoms with Gasteiger partial charge in [0.15, 0.2) is 0 Å². The normalized spacial score (nSPS) is 10.8. The molecule has 0 fully saturated rings. The summed E-state index contributed by atoms with van der Waals surface area (Å²) in [5.74, 6) is 0.778. The molecule has 0 saturated carbocycles. The number of ether oxygens (including phenoxy) is 1. The first-order chi connectivity index (χ1) is 8.79. The van der Waals surface area contributed by atoms with Crippen LogP contribution in [0.3, 0.4) is 0 Å². The van der Waals surface area contributed by atoms with Gasteiger partial charge < -0.3 is 4.74 Å². The van der Waals surface area contributed by atoms with Crippen molar-refractivity contribution < 1.29 is 4.74 Å². The largest absolute Gasteiger partial charge is 0.494 e. The second-order valence-corrected chi connectivity index (χ2v) is 4.51. The van der Waals surface area contributed by atoms with E-state index in [9.17, 15) is 0 Å². The molecule has 0 atom stereocenters. The predicted molar refractivity (Wildman–Crippen MR) is 71.9 cm³/mol. The number of aromatic nitrogens is 3. The number of methoxy groups -OCH3 is 1. The van der Waals surface area contributed by atoms with Crippen LogP contribution in [0.4, 0.5) is 0 Å². The molecule has 0 N–H and O–H groups in total. The van der Waals surface area contributed by atoms with Crippen molar-refractivity contribution in [3.8, 4) is 17.0 Å². The van der Waals surface area contributed by atoms with Gasteiger partial charge in [-0.1, -0.05) is 6.07 Å². The van der Waals surface area contributed by atoms with Crippen LogP contribution in [0.2, 0.25) is 0 Å². The van der Waals surface area contributed by atoms with Gasteiger partial charge in [-0.3, -0.25) is 0 Å². The summed E-state index contributed by atoms with van der Waals surface area (Å²) in [6.45, 7) is 1.97.